The zero-order valence-corrected chi connectivity index (χ0v) is 15.9. The van der Waals surface area contributed by atoms with Gasteiger partial charge in [0, 0.05) is 18.4 Å². The van der Waals surface area contributed by atoms with Crippen LogP contribution < -0.4 is 10.6 Å². The highest BCUT2D eigenvalue weighted by molar-refractivity contribution is 5.80. The molecule has 2 atom stereocenters. The number of rotatable bonds is 8. The number of benzene rings is 2. The van der Waals surface area contributed by atoms with E-state index in [1.165, 1.54) is 5.56 Å². The Morgan fingerprint density at radius 1 is 1.11 bits per heavy atom. The molecule has 142 valence electrons. The summed E-state index contributed by atoms with van der Waals surface area (Å²) in [5.41, 5.74) is 2.09. The molecule has 0 saturated carbocycles. The summed E-state index contributed by atoms with van der Waals surface area (Å²) >= 11 is 0. The van der Waals surface area contributed by atoms with Crippen LogP contribution in [-0.2, 0) is 16.0 Å². The van der Waals surface area contributed by atoms with Crippen LogP contribution in [0.5, 0.6) is 0 Å². The smallest absolute Gasteiger partial charge is 0.220 e. The number of carbonyl (C=O) groups is 2. The van der Waals surface area contributed by atoms with E-state index in [0.717, 1.165) is 24.8 Å². The molecule has 1 saturated heterocycles. The maximum Gasteiger partial charge on any atom is 0.220 e. The van der Waals surface area contributed by atoms with Crippen LogP contribution in [0.15, 0.2) is 60.7 Å². The highest BCUT2D eigenvalue weighted by Crippen LogP contribution is 2.29. The van der Waals surface area contributed by atoms with Crippen LogP contribution in [-0.4, -0.2) is 17.4 Å². The molecular formula is C23H28N2O2. The van der Waals surface area contributed by atoms with Gasteiger partial charge in [-0.3, -0.25) is 9.59 Å². The van der Waals surface area contributed by atoms with Crippen LogP contribution in [0, 0.1) is 0 Å². The largest absolute Gasteiger partial charge is 0.351 e. The average molecular weight is 364 g/mol. The molecule has 27 heavy (non-hydrogen) atoms. The molecular weight excluding hydrogens is 336 g/mol. The highest BCUT2D eigenvalue weighted by atomic mass is 16.2. The molecule has 0 unspecified atom stereocenters. The fraction of sp³-hybridized carbons (Fsp3) is 0.391. The summed E-state index contributed by atoms with van der Waals surface area (Å²) < 4.78 is 0. The summed E-state index contributed by atoms with van der Waals surface area (Å²) in [7, 11) is 0. The lowest BCUT2D eigenvalue weighted by Crippen LogP contribution is -2.42. The lowest BCUT2D eigenvalue weighted by Gasteiger charge is -2.28. The summed E-state index contributed by atoms with van der Waals surface area (Å²) in [5.74, 6) is 0.136. The van der Waals surface area contributed by atoms with E-state index in [-0.39, 0.29) is 23.4 Å². The Hall–Kier alpha value is -2.62. The summed E-state index contributed by atoms with van der Waals surface area (Å²) in [6, 6.07) is 20.2. The lowest BCUT2D eigenvalue weighted by atomic mass is 9.88. The van der Waals surface area contributed by atoms with Gasteiger partial charge in [-0.1, -0.05) is 67.6 Å². The molecule has 0 aliphatic carbocycles. The molecule has 4 nitrogen and oxygen atoms in total. The van der Waals surface area contributed by atoms with E-state index < -0.39 is 0 Å². The highest BCUT2D eigenvalue weighted by Gasteiger charge is 2.36. The van der Waals surface area contributed by atoms with Crippen LogP contribution in [0.1, 0.15) is 56.2 Å². The molecule has 0 spiro atoms. The molecule has 2 N–H and O–H groups in total. The second-order valence-electron chi connectivity index (χ2n) is 7.40. The molecule has 0 radical (unpaired) electrons. The van der Waals surface area contributed by atoms with Gasteiger partial charge >= 0.3 is 0 Å². The van der Waals surface area contributed by atoms with E-state index in [9.17, 15) is 9.59 Å². The summed E-state index contributed by atoms with van der Waals surface area (Å²) in [4.78, 5) is 24.3. The summed E-state index contributed by atoms with van der Waals surface area (Å²) in [5, 5.41) is 6.28. The zero-order valence-electron chi connectivity index (χ0n) is 15.9. The second-order valence-corrected chi connectivity index (χ2v) is 7.40. The van der Waals surface area contributed by atoms with Crippen LogP contribution in [0.3, 0.4) is 0 Å². The predicted molar refractivity (Wildman–Crippen MR) is 107 cm³/mol. The molecule has 0 bridgehead atoms. The van der Waals surface area contributed by atoms with Gasteiger partial charge in [0.2, 0.25) is 11.8 Å². The van der Waals surface area contributed by atoms with Gasteiger partial charge < -0.3 is 10.6 Å². The minimum atomic E-state index is -0.212. The van der Waals surface area contributed by atoms with Crippen molar-refractivity contribution in [1.82, 2.24) is 10.6 Å². The quantitative estimate of drug-likeness (QED) is 0.746. The SMILES string of the molecule is CC[C@@]1(CCC(=O)N[C@@H](Cc2ccccc2)c2ccccc2)CCC(=O)N1. The number of hydrogen-bond acceptors (Lipinski definition) is 2. The van der Waals surface area contributed by atoms with E-state index in [1.54, 1.807) is 0 Å². The Balaban J connectivity index is 1.64. The first-order valence-electron chi connectivity index (χ1n) is 9.79. The van der Waals surface area contributed by atoms with Gasteiger partial charge in [0.05, 0.1) is 6.04 Å². The molecule has 1 aliphatic rings. The fourth-order valence-corrected chi connectivity index (χ4v) is 3.81. The van der Waals surface area contributed by atoms with Crippen molar-refractivity contribution >= 4 is 11.8 Å². The van der Waals surface area contributed by atoms with Crippen LogP contribution in [0.4, 0.5) is 0 Å². The topological polar surface area (TPSA) is 58.2 Å². The Bertz CT molecular complexity index is 760. The number of amides is 2. The third-order valence-corrected chi connectivity index (χ3v) is 5.56. The third kappa shape index (κ3) is 5.19. The molecule has 0 aromatic heterocycles. The zero-order chi connectivity index (χ0) is 19.1. The molecule has 3 rings (SSSR count). The van der Waals surface area contributed by atoms with Crippen molar-refractivity contribution in [2.45, 2.75) is 57.0 Å². The van der Waals surface area contributed by atoms with Crippen LogP contribution in [0.2, 0.25) is 0 Å². The first-order valence-corrected chi connectivity index (χ1v) is 9.79. The van der Waals surface area contributed by atoms with Gasteiger partial charge in [0.15, 0.2) is 0 Å². The minimum Gasteiger partial charge on any atom is -0.351 e. The normalized spacial score (nSPS) is 20.1. The molecule has 2 aromatic carbocycles. The van der Waals surface area contributed by atoms with E-state index >= 15 is 0 Å². The summed E-state index contributed by atoms with van der Waals surface area (Å²) in [6.45, 7) is 2.08. The van der Waals surface area contributed by atoms with Crippen LogP contribution in [0.25, 0.3) is 0 Å². The van der Waals surface area contributed by atoms with Crippen molar-refractivity contribution in [1.29, 1.82) is 0 Å². The summed E-state index contributed by atoms with van der Waals surface area (Å²) in [6.07, 6.45) is 4.11. The van der Waals surface area contributed by atoms with E-state index in [4.69, 9.17) is 0 Å². The molecule has 1 fully saturated rings. The monoisotopic (exact) mass is 364 g/mol. The van der Waals surface area contributed by atoms with Gasteiger partial charge in [-0.2, -0.15) is 0 Å². The van der Waals surface area contributed by atoms with Crippen molar-refractivity contribution in [2.75, 3.05) is 0 Å². The number of carbonyl (C=O) groups excluding carboxylic acids is 2. The predicted octanol–water partition coefficient (Wildman–Crippen LogP) is 3.93. The fourth-order valence-electron chi connectivity index (χ4n) is 3.81. The number of nitrogens with one attached hydrogen (secondary N) is 2. The molecule has 1 heterocycles. The van der Waals surface area contributed by atoms with Gasteiger partial charge in [-0.15, -0.1) is 0 Å². The van der Waals surface area contributed by atoms with Gasteiger partial charge in [-0.25, -0.2) is 0 Å². The Kier molecular flexibility index (Phi) is 6.28. The van der Waals surface area contributed by atoms with E-state index in [2.05, 4.69) is 41.8 Å². The van der Waals surface area contributed by atoms with Gasteiger partial charge in [-0.05, 0) is 36.8 Å². The first-order chi connectivity index (χ1) is 13.1. The standard InChI is InChI=1S/C23H28N2O2/c1-2-23(16-14-22(27)25-23)15-13-21(26)24-20(19-11-7-4-8-12-19)17-18-9-5-3-6-10-18/h3-12,20H,2,13-17H2,1H3,(H,24,26)(H,25,27)/t20-,23+/m0/s1. The maximum atomic E-state index is 12.7. The minimum absolute atomic E-state index is 0.0359. The Labute approximate surface area is 161 Å². The van der Waals surface area contributed by atoms with Gasteiger partial charge in [0.25, 0.3) is 0 Å². The third-order valence-electron chi connectivity index (χ3n) is 5.56. The van der Waals surface area contributed by atoms with E-state index in [1.807, 2.05) is 36.4 Å². The maximum absolute atomic E-state index is 12.7. The van der Waals surface area contributed by atoms with Crippen molar-refractivity contribution in [2.24, 2.45) is 0 Å². The van der Waals surface area contributed by atoms with Crippen molar-refractivity contribution in [3.63, 3.8) is 0 Å². The van der Waals surface area contributed by atoms with Gasteiger partial charge in [0.1, 0.15) is 0 Å². The van der Waals surface area contributed by atoms with Crippen molar-refractivity contribution < 1.29 is 9.59 Å². The Morgan fingerprint density at radius 2 is 1.78 bits per heavy atom. The molecule has 2 aromatic rings. The number of hydrogen-bond donors (Lipinski definition) is 2. The second kappa shape index (κ2) is 8.85. The lowest BCUT2D eigenvalue weighted by molar-refractivity contribution is -0.123. The van der Waals surface area contributed by atoms with E-state index in [0.29, 0.717) is 19.3 Å². The average Bonchev–Trinajstić information content (AvgIpc) is 3.09. The van der Waals surface area contributed by atoms with Crippen LogP contribution >= 0.6 is 0 Å². The first kappa shape index (κ1) is 19.2. The molecule has 1 aliphatic heterocycles. The van der Waals surface area contributed by atoms with Crippen molar-refractivity contribution in [3.8, 4) is 0 Å². The molecule has 4 heteroatoms. The van der Waals surface area contributed by atoms with Crippen molar-refractivity contribution in [3.05, 3.63) is 71.8 Å². The molecule has 2 amide bonds. The Morgan fingerprint density at radius 3 is 2.37 bits per heavy atom.